The van der Waals surface area contributed by atoms with Crippen LogP contribution < -0.4 is 0 Å². The lowest BCUT2D eigenvalue weighted by molar-refractivity contribution is -0.483. The third kappa shape index (κ3) is 14.7. The van der Waals surface area contributed by atoms with E-state index >= 15 is 0 Å². The Balaban J connectivity index is 2.98. The molecular weight excluding hydrogens is 236 g/mol. The largest absolute Gasteiger partial charge is 0.377 e. The number of hydrogen-bond acceptors (Lipinski definition) is 7. The van der Waals surface area contributed by atoms with Crippen molar-refractivity contribution < 1.29 is 24.1 Å². The van der Waals surface area contributed by atoms with Crippen LogP contribution in [0.15, 0.2) is 0 Å². The topological polar surface area (TPSA) is 114 Å². The average molecular weight is 252 g/mol. The highest BCUT2D eigenvalue weighted by atomic mass is 16.6. The van der Waals surface area contributed by atoms with Gasteiger partial charge in [-0.15, -0.1) is 0 Å². The molecule has 0 fully saturated rings. The lowest BCUT2D eigenvalue weighted by Gasteiger charge is -2.04. The number of nitro groups is 2. The van der Waals surface area contributed by atoms with Crippen LogP contribution in [0.5, 0.6) is 0 Å². The molecule has 0 N–H and O–H groups in total. The molecule has 0 aromatic heterocycles. The Morgan fingerprint density at radius 2 is 0.941 bits per heavy atom. The fourth-order valence-electron chi connectivity index (χ4n) is 0.820. The van der Waals surface area contributed by atoms with E-state index in [-0.39, 0.29) is 39.5 Å². The highest BCUT2D eigenvalue weighted by molar-refractivity contribution is 4.34. The smallest absolute Gasteiger partial charge is 0.226 e. The van der Waals surface area contributed by atoms with Crippen molar-refractivity contribution in [3.63, 3.8) is 0 Å². The van der Waals surface area contributed by atoms with E-state index in [4.69, 9.17) is 14.2 Å². The molecule has 0 bridgehead atoms. The molecule has 0 heterocycles. The minimum atomic E-state index is -0.454. The van der Waals surface area contributed by atoms with Crippen LogP contribution in [0, 0.1) is 20.2 Å². The monoisotopic (exact) mass is 252 g/mol. The standard InChI is InChI=1S/C8H16N2O7/c11-9(12)1-3-15-5-7-17-8-6-16-4-2-10(13)14/h1-8H2. The minimum Gasteiger partial charge on any atom is -0.377 e. The van der Waals surface area contributed by atoms with Crippen molar-refractivity contribution in [3.8, 4) is 0 Å². The molecule has 0 spiro atoms. The first-order chi connectivity index (χ1) is 8.13. The summed E-state index contributed by atoms with van der Waals surface area (Å²) in [6, 6.07) is 0. The van der Waals surface area contributed by atoms with Crippen LogP contribution in [0.2, 0.25) is 0 Å². The Morgan fingerprint density at radius 3 is 1.24 bits per heavy atom. The lowest BCUT2D eigenvalue weighted by Crippen LogP contribution is -2.15. The molecule has 100 valence electrons. The predicted molar refractivity (Wildman–Crippen MR) is 56.2 cm³/mol. The molecular formula is C8H16N2O7. The van der Waals surface area contributed by atoms with E-state index in [9.17, 15) is 20.2 Å². The van der Waals surface area contributed by atoms with Crippen LogP contribution >= 0.6 is 0 Å². The van der Waals surface area contributed by atoms with Gasteiger partial charge in [-0.25, -0.2) is 0 Å². The highest BCUT2D eigenvalue weighted by Crippen LogP contribution is 1.82. The molecule has 0 atom stereocenters. The molecule has 0 unspecified atom stereocenters. The molecule has 0 saturated carbocycles. The number of hydrogen-bond donors (Lipinski definition) is 0. The first-order valence-corrected chi connectivity index (χ1v) is 5.09. The number of nitrogens with zero attached hydrogens (tertiary/aromatic N) is 2. The molecule has 0 saturated heterocycles. The maximum absolute atomic E-state index is 9.91. The zero-order valence-electron chi connectivity index (χ0n) is 9.41. The first kappa shape index (κ1) is 15.7. The van der Waals surface area contributed by atoms with Gasteiger partial charge in [0.15, 0.2) is 0 Å². The quantitative estimate of drug-likeness (QED) is 0.263. The van der Waals surface area contributed by atoms with Crippen molar-refractivity contribution in [1.82, 2.24) is 0 Å². The fraction of sp³-hybridized carbons (Fsp3) is 1.00. The molecule has 0 radical (unpaired) electrons. The van der Waals surface area contributed by atoms with Crippen molar-refractivity contribution >= 4 is 0 Å². The normalized spacial score (nSPS) is 10.4. The summed E-state index contributed by atoms with van der Waals surface area (Å²) in [5.74, 6) is 0. The predicted octanol–water partition coefficient (Wildman–Crippen LogP) is -0.410. The first-order valence-electron chi connectivity index (χ1n) is 5.09. The van der Waals surface area contributed by atoms with Gasteiger partial charge < -0.3 is 14.2 Å². The molecule has 9 nitrogen and oxygen atoms in total. The summed E-state index contributed by atoms with van der Waals surface area (Å²) in [7, 11) is 0. The summed E-state index contributed by atoms with van der Waals surface area (Å²) in [4.78, 5) is 18.9. The fourth-order valence-corrected chi connectivity index (χ4v) is 0.820. The van der Waals surface area contributed by atoms with Gasteiger partial charge in [0.25, 0.3) is 0 Å². The second kappa shape index (κ2) is 11.2. The van der Waals surface area contributed by atoms with Gasteiger partial charge in [0.1, 0.15) is 13.2 Å². The molecule has 0 aliphatic carbocycles. The summed E-state index contributed by atoms with van der Waals surface area (Å²) in [5.41, 5.74) is 0. The van der Waals surface area contributed by atoms with E-state index in [2.05, 4.69) is 0 Å². The number of ether oxygens (including phenoxy) is 3. The molecule has 17 heavy (non-hydrogen) atoms. The van der Waals surface area contributed by atoms with E-state index in [0.29, 0.717) is 13.2 Å². The van der Waals surface area contributed by atoms with Gasteiger partial charge in [-0.05, 0) is 0 Å². The Bertz CT molecular complexity index is 202. The molecule has 0 amide bonds. The van der Waals surface area contributed by atoms with Gasteiger partial charge in [0, 0.05) is 9.85 Å². The summed E-state index contributed by atoms with van der Waals surface area (Å²) in [6.45, 7) is 0.886. The third-order valence-electron chi connectivity index (χ3n) is 1.58. The van der Waals surface area contributed by atoms with Gasteiger partial charge in [0.05, 0.1) is 26.4 Å². The van der Waals surface area contributed by atoms with Crippen molar-refractivity contribution in [1.29, 1.82) is 0 Å². The van der Waals surface area contributed by atoms with E-state index in [1.165, 1.54) is 0 Å². The maximum Gasteiger partial charge on any atom is 0.226 e. The maximum atomic E-state index is 9.91. The summed E-state index contributed by atoms with van der Waals surface area (Å²) >= 11 is 0. The molecule has 0 rings (SSSR count). The second-order valence-corrected chi connectivity index (χ2v) is 2.95. The van der Waals surface area contributed by atoms with E-state index < -0.39 is 9.85 Å². The molecule has 0 aromatic carbocycles. The van der Waals surface area contributed by atoms with Gasteiger partial charge in [0.2, 0.25) is 13.1 Å². The Kier molecular flexibility index (Phi) is 10.3. The highest BCUT2D eigenvalue weighted by Gasteiger charge is 1.97. The molecule has 0 aromatic rings. The minimum absolute atomic E-state index is 0.0652. The van der Waals surface area contributed by atoms with Crippen LogP contribution in [0.1, 0.15) is 0 Å². The Labute approximate surface area is 97.9 Å². The van der Waals surface area contributed by atoms with Crippen LogP contribution in [-0.2, 0) is 14.2 Å². The van der Waals surface area contributed by atoms with Crippen molar-refractivity contribution in [3.05, 3.63) is 20.2 Å². The van der Waals surface area contributed by atoms with Gasteiger partial charge in [-0.3, -0.25) is 20.2 Å². The zero-order valence-corrected chi connectivity index (χ0v) is 9.41. The van der Waals surface area contributed by atoms with Crippen molar-refractivity contribution in [2.45, 2.75) is 0 Å². The molecule has 9 heteroatoms. The van der Waals surface area contributed by atoms with E-state index in [1.54, 1.807) is 0 Å². The molecule has 0 aliphatic rings. The van der Waals surface area contributed by atoms with Crippen molar-refractivity contribution in [2.24, 2.45) is 0 Å². The Hall–Kier alpha value is -1.32. The number of rotatable bonds is 12. The van der Waals surface area contributed by atoms with Gasteiger partial charge in [-0.2, -0.15) is 0 Å². The van der Waals surface area contributed by atoms with Crippen LogP contribution in [0.3, 0.4) is 0 Å². The van der Waals surface area contributed by atoms with Gasteiger partial charge >= 0.3 is 0 Å². The Morgan fingerprint density at radius 1 is 0.647 bits per heavy atom. The molecule has 0 aliphatic heterocycles. The van der Waals surface area contributed by atoms with E-state index in [0.717, 1.165) is 0 Å². The summed E-state index contributed by atoms with van der Waals surface area (Å²) in [6.07, 6.45) is 0. The van der Waals surface area contributed by atoms with E-state index in [1.807, 2.05) is 0 Å². The zero-order chi connectivity index (χ0) is 12.9. The summed E-state index contributed by atoms with van der Waals surface area (Å²) < 4.78 is 14.9. The lowest BCUT2D eigenvalue weighted by atomic mass is 10.6. The summed E-state index contributed by atoms with van der Waals surface area (Å²) in [5, 5.41) is 19.8. The average Bonchev–Trinajstić information content (AvgIpc) is 2.25. The van der Waals surface area contributed by atoms with Crippen LogP contribution in [-0.4, -0.2) is 62.6 Å². The van der Waals surface area contributed by atoms with Crippen LogP contribution in [0.25, 0.3) is 0 Å². The van der Waals surface area contributed by atoms with Crippen LogP contribution in [0.4, 0.5) is 0 Å². The third-order valence-corrected chi connectivity index (χ3v) is 1.58. The SMILES string of the molecule is O=[N+]([O-])CCOCCOCCOCC[N+](=O)[O-]. The van der Waals surface area contributed by atoms with Crippen molar-refractivity contribution in [2.75, 3.05) is 52.7 Å². The van der Waals surface area contributed by atoms with Gasteiger partial charge in [-0.1, -0.05) is 0 Å². The second-order valence-electron chi connectivity index (χ2n) is 2.95.